The van der Waals surface area contributed by atoms with E-state index in [1.54, 1.807) is 12.1 Å². The molecule has 0 fully saturated rings. The molecule has 0 radical (unpaired) electrons. The third kappa shape index (κ3) is 2.44. The quantitative estimate of drug-likeness (QED) is 0.857. The van der Waals surface area contributed by atoms with Crippen LogP contribution in [0.3, 0.4) is 0 Å². The Morgan fingerprint density at radius 2 is 1.71 bits per heavy atom. The molecule has 0 spiro atoms. The Balaban J connectivity index is 2.47. The van der Waals surface area contributed by atoms with Gasteiger partial charge < -0.3 is 4.90 Å². The summed E-state index contributed by atoms with van der Waals surface area (Å²) in [4.78, 5) is 31.3. The lowest BCUT2D eigenvalue weighted by Gasteiger charge is -2.35. The van der Waals surface area contributed by atoms with Gasteiger partial charge in [0.05, 0.1) is 0 Å². The average molecular weight is 287 g/mol. The van der Waals surface area contributed by atoms with Gasteiger partial charge in [-0.25, -0.2) is 0 Å². The van der Waals surface area contributed by atoms with Crippen LogP contribution < -0.4 is 5.32 Å². The van der Waals surface area contributed by atoms with Crippen LogP contribution in [0.25, 0.3) is 0 Å². The average Bonchev–Trinajstić information content (AvgIpc) is 2.50. The van der Waals surface area contributed by atoms with E-state index in [0.717, 1.165) is 0 Å². The molecule has 2 amide bonds. The highest BCUT2D eigenvalue weighted by Gasteiger charge is 2.49. The summed E-state index contributed by atoms with van der Waals surface area (Å²) in [5.74, 6) is -0.324. The Bertz CT molecular complexity index is 564. The van der Waals surface area contributed by atoms with Crippen molar-refractivity contribution in [2.75, 3.05) is 13.1 Å². The molecule has 5 nitrogen and oxygen atoms in total. The van der Waals surface area contributed by atoms with Crippen molar-refractivity contribution in [1.29, 1.82) is 0 Å². The number of hydrogen-bond acceptors (Lipinski definition) is 3. The second-order valence-corrected chi connectivity index (χ2v) is 4.99. The molecule has 0 aromatic heterocycles. The lowest BCUT2D eigenvalue weighted by Crippen LogP contribution is -2.59. The second-order valence-electron chi connectivity index (χ2n) is 4.99. The minimum Gasteiger partial charge on any atom is -0.343 e. The van der Waals surface area contributed by atoms with Gasteiger partial charge in [-0.2, -0.15) is 4.99 Å². The third-order valence-corrected chi connectivity index (χ3v) is 4.05. The highest BCUT2D eigenvalue weighted by Crippen LogP contribution is 2.32. The topological polar surface area (TPSA) is 61.8 Å². The number of carbonyl (C=O) groups excluding carboxylic acids is 2. The SMILES string of the molecule is CCN(CC)C1=NC(=O)C(CC)(c2ccccc2)C(=O)N1. The van der Waals surface area contributed by atoms with Gasteiger partial charge in [0.1, 0.15) is 0 Å². The minimum absolute atomic E-state index is 0.293. The molecular formula is C16H21N3O2. The molecule has 1 unspecified atom stereocenters. The molecule has 1 heterocycles. The molecule has 1 aliphatic rings. The van der Waals surface area contributed by atoms with Crippen LogP contribution in [0.4, 0.5) is 0 Å². The fraction of sp³-hybridized carbons (Fsp3) is 0.438. The summed E-state index contributed by atoms with van der Waals surface area (Å²) in [5.41, 5.74) is -0.518. The Labute approximate surface area is 125 Å². The van der Waals surface area contributed by atoms with Crippen molar-refractivity contribution in [3.05, 3.63) is 35.9 Å². The molecule has 1 aromatic carbocycles. The number of nitrogens with zero attached hydrogens (tertiary/aromatic N) is 2. The first-order chi connectivity index (χ1) is 10.1. The zero-order valence-electron chi connectivity index (χ0n) is 12.7. The Kier molecular flexibility index (Phi) is 4.40. The molecular weight excluding hydrogens is 266 g/mol. The monoisotopic (exact) mass is 287 g/mol. The maximum absolute atomic E-state index is 12.7. The maximum Gasteiger partial charge on any atom is 0.269 e. The maximum atomic E-state index is 12.7. The zero-order valence-corrected chi connectivity index (χ0v) is 12.7. The number of guanidine groups is 1. The van der Waals surface area contributed by atoms with Crippen LogP contribution in [0.1, 0.15) is 32.8 Å². The zero-order chi connectivity index (χ0) is 15.5. The van der Waals surface area contributed by atoms with Gasteiger partial charge in [-0.05, 0) is 25.8 Å². The van der Waals surface area contributed by atoms with Crippen LogP contribution >= 0.6 is 0 Å². The van der Waals surface area contributed by atoms with E-state index < -0.39 is 5.41 Å². The Morgan fingerprint density at radius 3 is 2.19 bits per heavy atom. The van der Waals surface area contributed by atoms with Gasteiger partial charge in [0.2, 0.25) is 11.9 Å². The van der Waals surface area contributed by atoms with Gasteiger partial charge >= 0.3 is 0 Å². The fourth-order valence-electron chi connectivity index (χ4n) is 2.69. The molecule has 1 N–H and O–H groups in total. The minimum atomic E-state index is -1.21. The number of hydrogen-bond donors (Lipinski definition) is 1. The van der Waals surface area contributed by atoms with Crippen molar-refractivity contribution in [1.82, 2.24) is 10.2 Å². The summed E-state index contributed by atoms with van der Waals surface area (Å²) in [6.45, 7) is 7.13. The first-order valence-corrected chi connectivity index (χ1v) is 7.35. The summed E-state index contributed by atoms with van der Waals surface area (Å²) in [7, 11) is 0. The van der Waals surface area contributed by atoms with Gasteiger partial charge in [0.15, 0.2) is 5.41 Å². The fourth-order valence-corrected chi connectivity index (χ4v) is 2.69. The van der Waals surface area contributed by atoms with Gasteiger partial charge in [0, 0.05) is 13.1 Å². The van der Waals surface area contributed by atoms with E-state index >= 15 is 0 Å². The molecule has 0 bridgehead atoms. The summed E-state index contributed by atoms with van der Waals surface area (Å²) < 4.78 is 0. The largest absolute Gasteiger partial charge is 0.343 e. The first-order valence-electron chi connectivity index (χ1n) is 7.35. The van der Waals surface area contributed by atoms with E-state index in [4.69, 9.17) is 0 Å². The van der Waals surface area contributed by atoms with Crippen molar-refractivity contribution >= 4 is 17.8 Å². The van der Waals surface area contributed by atoms with E-state index in [9.17, 15) is 9.59 Å². The van der Waals surface area contributed by atoms with Gasteiger partial charge in [-0.1, -0.05) is 37.3 Å². The summed E-state index contributed by atoms with van der Waals surface area (Å²) >= 11 is 0. The van der Waals surface area contributed by atoms with Crippen LogP contribution in [-0.4, -0.2) is 35.8 Å². The number of rotatable bonds is 4. The van der Waals surface area contributed by atoms with Crippen molar-refractivity contribution < 1.29 is 9.59 Å². The summed E-state index contributed by atoms with van der Waals surface area (Å²) in [6, 6.07) is 9.13. The first kappa shape index (κ1) is 15.2. The van der Waals surface area contributed by atoms with Crippen LogP contribution in [0.5, 0.6) is 0 Å². The lowest BCUT2D eigenvalue weighted by atomic mass is 9.75. The van der Waals surface area contributed by atoms with Crippen molar-refractivity contribution in [3.63, 3.8) is 0 Å². The highest BCUT2D eigenvalue weighted by molar-refractivity contribution is 6.21. The molecule has 2 rings (SSSR count). The molecule has 5 heteroatoms. The Hall–Kier alpha value is -2.17. The third-order valence-electron chi connectivity index (χ3n) is 4.05. The molecule has 1 aromatic rings. The number of nitrogens with one attached hydrogen (secondary N) is 1. The van der Waals surface area contributed by atoms with E-state index in [1.165, 1.54) is 0 Å². The van der Waals surface area contributed by atoms with Crippen molar-refractivity contribution in [3.8, 4) is 0 Å². The van der Waals surface area contributed by atoms with Crippen molar-refractivity contribution in [2.45, 2.75) is 32.6 Å². The number of amides is 2. The molecule has 0 saturated carbocycles. The molecule has 1 atom stereocenters. The van der Waals surface area contributed by atoms with Gasteiger partial charge in [-0.15, -0.1) is 0 Å². The molecule has 21 heavy (non-hydrogen) atoms. The molecule has 0 aliphatic carbocycles. The van der Waals surface area contributed by atoms with E-state index in [-0.39, 0.29) is 11.8 Å². The highest BCUT2D eigenvalue weighted by atomic mass is 16.2. The molecule has 1 aliphatic heterocycles. The number of aliphatic imine (C=N–C) groups is 1. The predicted molar refractivity (Wildman–Crippen MR) is 81.9 cm³/mol. The molecule has 112 valence electrons. The Morgan fingerprint density at radius 1 is 1.10 bits per heavy atom. The van der Waals surface area contributed by atoms with Crippen molar-refractivity contribution in [2.24, 2.45) is 4.99 Å². The number of benzene rings is 1. The van der Waals surface area contributed by atoms with Gasteiger partial charge in [0.25, 0.3) is 5.91 Å². The van der Waals surface area contributed by atoms with Crippen LogP contribution in [0.15, 0.2) is 35.3 Å². The van der Waals surface area contributed by atoms with Gasteiger partial charge in [-0.3, -0.25) is 14.9 Å². The smallest absolute Gasteiger partial charge is 0.269 e. The van der Waals surface area contributed by atoms with E-state index in [0.29, 0.717) is 31.0 Å². The molecule has 0 saturated heterocycles. The predicted octanol–water partition coefficient (Wildman–Crippen LogP) is 1.69. The van der Waals surface area contributed by atoms with E-state index in [1.807, 2.05) is 43.9 Å². The summed E-state index contributed by atoms with van der Waals surface area (Å²) in [6.07, 6.45) is 0.386. The summed E-state index contributed by atoms with van der Waals surface area (Å²) in [5, 5.41) is 2.81. The number of carbonyl (C=O) groups is 2. The normalized spacial score (nSPS) is 21.8. The lowest BCUT2D eigenvalue weighted by molar-refractivity contribution is -0.136. The van der Waals surface area contributed by atoms with Crippen LogP contribution in [-0.2, 0) is 15.0 Å². The standard InChI is InChI=1S/C16H21N3O2/c1-4-16(12-10-8-7-9-11-12)13(20)17-15(18-14(16)21)19(5-2)6-3/h7-11H,4-6H2,1-3H3,(H,17,18,20,21). The second kappa shape index (κ2) is 6.08. The van der Waals surface area contributed by atoms with Crippen LogP contribution in [0.2, 0.25) is 0 Å². The van der Waals surface area contributed by atoms with Crippen LogP contribution in [0, 0.1) is 0 Å². The van der Waals surface area contributed by atoms with E-state index in [2.05, 4.69) is 10.3 Å².